The predicted molar refractivity (Wildman–Crippen MR) is 66.8 cm³/mol. The fraction of sp³-hybridized carbons (Fsp3) is 0.0667. The molecule has 0 fully saturated rings. The summed E-state index contributed by atoms with van der Waals surface area (Å²) in [4.78, 5) is 0. The molecule has 0 aromatic heterocycles. The quantitative estimate of drug-likeness (QED) is 0.685. The van der Waals surface area contributed by atoms with Gasteiger partial charge < -0.3 is 4.74 Å². The van der Waals surface area contributed by atoms with Crippen LogP contribution in [0.3, 0.4) is 0 Å². The van der Waals surface area contributed by atoms with Crippen molar-refractivity contribution < 1.29 is 4.74 Å². The van der Waals surface area contributed by atoms with Gasteiger partial charge in [-0.3, -0.25) is 0 Å². The molecule has 0 saturated heterocycles. The van der Waals surface area contributed by atoms with Crippen molar-refractivity contribution in [1.82, 2.24) is 0 Å². The highest BCUT2D eigenvalue weighted by atomic mass is 16.5. The molecule has 1 aliphatic rings. The van der Waals surface area contributed by atoms with Gasteiger partial charge in [0, 0.05) is 5.56 Å². The highest BCUT2D eigenvalue weighted by Gasteiger charge is 2.04. The minimum absolute atomic E-state index is 0.947. The summed E-state index contributed by atoms with van der Waals surface area (Å²) in [6.07, 6.45) is 6.81. The standard InChI is InChI=1S/C15H12O/c1-2-6-13-11-14(9-8-12(13)5-1)15-7-3-4-10-16-15/h1-2,4-11H,3H2. The summed E-state index contributed by atoms with van der Waals surface area (Å²) < 4.78 is 5.49. The molecule has 1 aliphatic heterocycles. The van der Waals surface area contributed by atoms with E-state index in [1.54, 1.807) is 6.26 Å². The number of fused-ring (bicyclic) bond motifs is 1. The second-order valence-electron chi connectivity index (χ2n) is 3.86. The molecule has 0 N–H and O–H groups in total. The van der Waals surface area contributed by atoms with Crippen LogP contribution in [-0.2, 0) is 4.74 Å². The van der Waals surface area contributed by atoms with Crippen molar-refractivity contribution >= 4 is 16.5 Å². The molecule has 16 heavy (non-hydrogen) atoms. The van der Waals surface area contributed by atoms with Crippen LogP contribution in [0, 0.1) is 0 Å². The van der Waals surface area contributed by atoms with E-state index >= 15 is 0 Å². The third kappa shape index (κ3) is 1.61. The third-order valence-electron chi connectivity index (χ3n) is 2.76. The summed E-state index contributed by atoms with van der Waals surface area (Å²) in [5.41, 5.74) is 1.14. The first kappa shape index (κ1) is 9.22. The maximum absolute atomic E-state index is 5.49. The summed E-state index contributed by atoms with van der Waals surface area (Å²) in [6, 6.07) is 14.8. The predicted octanol–water partition coefficient (Wildman–Crippen LogP) is 4.11. The molecule has 78 valence electrons. The largest absolute Gasteiger partial charge is 0.465 e. The van der Waals surface area contributed by atoms with Crippen molar-refractivity contribution in [3.63, 3.8) is 0 Å². The molecule has 0 atom stereocenters. The lowest BCUT2D eigenvalue weighted by molar-refractivity contribution is 0.428. The van der Waals surface area contributed by atoms with Gasteiger partial charge in [0.05, 0.1) is 6.26 Å². The van der Waals surface area contributed by atoms with Crippen LogP contribution >= 0.6 is 0 Å². The molecule has 0 unspecified atom stereocenters. The smallest absolute Gasteiger partial charge is 0.130 e. The molecule has 0 radical (unpaired) electrons. The van der Waals surface area contributed by atoms with Gasteiger partial charge in [0.25, 0.3) is 0 Å². The van der Waals surface area contributed by atoms with Crippen LogP contribution in [0.5, 0.6) is 0 Å². The normalized spacial score (nSPS) is 14.6. The van der Waals surface area contributed by atoms with Gasteiger partial charge in [0.1, 0.15) is 5.76 Å². The molecule has 0 amide bonds. The molecule has 0 spiro atoms. The number of hydrogen-bond donors (Lipinski definition) is 0. The third-order valence-corrected chi connectivity index (χ3v) is 2.76. The van der Waals surface area contributed by atoms with Gasteiger partial charge in [-0.2, -0.15) is 0 Å². The van der Waals surface area contributed by atoms with E-state index in [9.17, 15) is 0 Å². The van der Waals surface area contributed by atoms with Gasteiger partial charge in [-0.1, -0.05) is 36.4 Å². The summed E-state index contributed by atoms with van der Waals surface area (Å²) in [5, 5.41) is 2.51. The van der Waals surface area contributed by atoms with Crippen LogP contribution in [0.2, 0.25) is 0 Å². The van der Waals surface area contributed by atoms with Crippen molar-refractivity contribution in [3.05, 3.63) is 66.4 Å². The van der Waals surface area contributed by atoms with Crippen LogP contribution < -0.4 is 0 Å². The average molecular weight is 208 g/mol. The lowest BCUT2D eigenvalue weighted by atomic mass is 10.1. The minimum Gasteiger partial charge on any atom is -0.465 e. The van der Waals surface area contributed by atoms with E-state index in [1.807, 2.05) is 6.08 Å². The van der Waals surface area contributed by atoms with Crippen molar-refractivity contribution in [3.8, 4) is 0 Å². The van der Waals surface area contributed by atoms with Gasteiger partial charge in [-0.15, -0.1) is 0 Å². The topological polar surface area (TPSA) is 9.23 Å². The van der Waals surface area contributed by atoms with Crippen LogP contribution in [0.1, 0.15) is 12.0 Å². The fourth-order valence-electron chi connectivity index (χ4n) is 1.93. The van der Waals surface area contributed by atoms with E-state index in [-0.39, 0.29) is 0 Å². The Morgan fingerprint density at radius 2 is 1.81 bits per heavy atom. The lowest BCUT2D eigenvalue weighted by Crippen LogP contribution is -1.90. The molecular weight excluding hydrogens is 196 g/mol. The molecule has 1 nitrogen and oxygen atoms in total. The number of benzene rings is 2. The van der Waals surface area contributed by atoms with Crippen LogP contribution in [0.25, 0.3) is 16.5 Å². The Labute approximate surface area is 94.7 Å². The molecule has 0 aliphatic carbocycles. The number of ether oxygens (including phenoxy) is 1. The zero-order chi connectivity index (χ0) is 10.8. The number of allylic oxidation sites excluding steroid dienone is 2. The number of hydrogen-bond acceptors (Lipinski definition) is 1. The van der Waals surface area contributed by atoms with E-state index in [0.29, 0.717) is 0 Å². The fourth-order valence-corrected chi connectivity index (χ4v) is 1.93. The van der Waals surface area contributed by atoms with E-state index in [4.69, 9.17) is 4.74 Å². The summed E-state index contributed by atoms with van der Waals surface area (Å²) >= 11 is 0. The van der Waals surface area contributed by atoms with Crippen molar-refractivity contribution in [2.75, 3.05) is 0 Å². The van der Waals surface area contributed by atoms with Crippen molar-refractivity contribution in [2.45, 2.75) is 6.42 Å². The van der Waals surface area contributed by atoms with Crippen LogP contribution in [0.4, 0.5) is 0 Å². The molecule has 1 heteroatoms. The van der Waals surface area contributed by atoms with E-state index in [1.165, 1.54) is 10.8 Å². The van der Waals surface area contributed by atoms with Gasteiger partial charge in [0.2, 0.25) is 0 Å². The van der Waals surface area contributed by atoms with Crippen molar-refractivity contribution in [2.24, 2.45) is 0 Å². The second kappa shape index (κ2) is 3.86. The van der Waals surface area contributed by atoms with E-state index in [2.05, 4.69) is 48.5 Å². The molecule has 1 heterocycles. The first-order chi connectivity index (χ1) is 7.93. The molecular formula is C15H12O. The Bertz CT molecular complexity index is 579. The summed E-state index contributed by atoms with van der Waals surface area (Å²) in [5.74, 6) is 0.952. The maximum atomic E-state index is 5.49. The Morgan fingerprint density at radius 1 is 0.938 bits per heavy atom. The van der Waals surface area contributed by atoms with E-state index in [0.717, 1.165) is 17.7 Å². The summed E-state index contributed by atoms with van der Waals surface area (Å²) in [7, 11) is 0. The van der Waals surface area contributed by atoms with Gasteiger partial charge in [-0.25, -0.2) is 0 Å². The van der Waals surface area contributed by atoms with Gasteiger partial charge >= 0.3 is 0 Å². The zero-order valence-electron chi connectivity index (χ0n) is 8.89. The second-order valence-corrected chi connectivity index (χ2v) is 3.86. The molecule has 0 bridgehead atoms. The van der Waals surface area contributed by atoms with Crippen molar-refractivity contribution in [1.29, 1.82) is 0 Å². The first-order valence-corrected chi connectivity index (χ1v) is 5.44. The monoisotopic (exact) mass is 208 g/mol. The SMILES string of the molecule is C1=COC(c2ccc3ccccc3c2)=CC1. The maximum Gasteiger partial charge on any atom is 0.130 e. The van der Waals surface area contributed by atoms with Gasteiger partial charge in [-0.05, 0) is 35.4 Å². The number of rotatable bonds is 1. The highest BCUT2D eigenvalue weighted by molar-refractivity contribution is 5.85. The lowest BCUT2D eigenvalue weighted by Gasteiger charge is -2.10. The molecule has 2 aromatic rings. The zero-order valence-corrected chi connectivity index (χ0v) is 8.89. The Kier molecular flexibility index (Phi) is 2.22. The summed E-state index contributed by atoms with van der Waals surface area (Å²) in [6.45, 7) is 0. The minimum atomic E-state index is 0.947. The Morgan fingerprint density at radius 3 is 2.62 bits per heavy atom. The molecule has 0 saturated carbocycles. The van der Waals surface area contributed by atoms with Gasteiger partial charge in [0.15, 0.2) is 0 Å². The first-order valence-electron chi connectivity index (χ1n) is 5.44. The molecule has 3 rings (SSSR count). The highest BCUT2D eigenvalue weighted by Crippen LogP contribution is 2.24. The van der Waals surface area contributed by atoms with Crippen LogP contribution in [-0.4, -0.2) is 0 Å². The Hall–Kier alpha value is -2.02. The van der Waals surface area contributed by atoms with Crippen LogP contribution in [0.15, 0.2) is 60.9 Å². The van der Waals surface area contributed by atoms with E-state index < -0.39 is 0 Å². The molecule has 2 aromatic carbocycles. The Balaban J connectivity index is 2.08. The average Bonchev–Trinajstić information content (AvgIpc) is 2.39.